The van der Waals surface area contributed by atoms with Crippen molar-refractivity contribution in [3.8, 4) is 5.75 Å². The van der Waals surface area contributed by atoms with Crippen LogP contribution in [0.15, 0.2) is 18.2 Å². The van der Waals surface area contributed by atoms with Crippen LogP contribution in [0, 0.1) is 0 Å². The van der Waals surface area contributed by atoms with Crippen LogP contribution in [-0.4, -0.2) is 26.3 Å². The average molecular weight is 249 g/mol. The average Bonchev–Trinajstić information content (AvgIpc) is 2.38. The summed E-state index contributed by atoms with van der Waals surface area (Å²) in [5.41, 5.74) is 2.48. The Morgan fingerprint density at radius 3 is 2.72 bits per heavy atom. The van der Waals surface area contributed by atoms with Gasteiger partial charge in [-0.2, -0.15) is 0 Å². The molecule has 0 bridgehead atoms. The van der Waals surface area contributed by atoms with Crippen LogP contribution in [0.4, 0.5) is 0 Å². The van der Waals surface area contributed by atoms with Crippen molar-refractivity contribution >= 4 is 0 Å². The van der Waals surface area contributed by atoms with E-state index >= 15 is 0 Å². The van der Waals surface area contributed by atoms with Gasteiger partial charge in [0.2, 0.25) is 0 Å². The molecule has 0 spiro atoms. The van der Waals surface area contributed by atoms with Crippen molar-refractivity contribution in [1.29, 1.82) is 0 Å². The van der Waals surface area contributed by atoms with Crippen LogP contribution in [0.3, 0.4) is 0 Å². The zero-order valence-electron chi connectivity index (χ0n) is 11.7. The molecule has 3 heteroatoms. The van der Waals surface area contributed by atoms with E-state index in [0.717, 1.165) is 18.8 Å². The van der Waals surface area contributed by atoms with E-state index < -0.39 is 0 Å². The molecule has 1 fully saturated rings. The van der Waals surface area contributed by atoms with Crippen LogP contribution < -0.4 is 10.1 Å². The standard InChI is InChI=1S/C15H23NO2/c1-10(2)13-7-12(5-6-14(13)17-4)15-9-16-8-11(3)18-15/h5-7,10-11,15-16H,8-9H2,1-4H3. The lowest BCUT2D eigenvalue weighted by Gasteiger charge is -2.29. The van der Waals surface area contributed by atoms with E-state index in [0.29, 0.717) is 5.92 Å². The van der Waals surface area contributed by atoms with Crippen LogP contribution in [0.25, 0.3) is 0 Å². The van der Waals surface area contributed by atoms with Crippen LogP contribution in [0.5, 0.6) is 5.75 Å². The second-order valence-corrected chi connectivity index (χ2v) is 5.25. The fourth-order valence-electron chi connectivity index (χ4n) is 2.40. The summed E-state index contributed by atoms with van der Waals surface area (Å²) in [6.07, 6.45) is 0.422. The molecular formula is C15H23NO2. The van der Waals surface area contributed by atoms with Crippen molar-refractivity contribution in [1.82, 2.24) is 5.32 Å². The predicted molar refractivity (Wildman–Crippen MR) is 73.2 cm³/mol. The molecule has 1 heterocycles. The molecular weight excluding hydrogens is 226 g/mol. The fraction of sp³-hybridized carbons (Fsp3) is 0.600. The Kier molecular flexibility index (Phi) is 4.25. The Hall–Kier alpha value is -1.06. The Morgan fingerprint density at radius 2 is 2.11 bits per heavy atom. The molecule has 3 nitrogen and oxygen atoms in total. The molecule has 1 aromatic rings. The van der Waals surface area contributed by atoms with Gasteiger partial charge in [0.15, 0.2) is 0 Å². The smallest absolute Gasteiger partial charge is 0.122 e. The lowest BCUT2D eigenvalue weighted by Crippen LogP contribution is -2.38. The van der Waals surface area contributed by atoms with Gasteiger partial charge in [-0.15, -0.1) is 0 Å². The van der Waals surface area contributed by atoms with Gasteiger partial charge in [0, 0.05) is 13.1 Å². The second kappa shape index (κ2) is 5.72. The topological polar surface area (TPSA) is 30.5 Å². The SMILES string of the molecule is COc1ccc(C2CNCC(C)O2)cc1C(C)C. The van der Waals surface area contributed by atoms with Crippen molar-refractivity contribution in [3.05, 3.63) is 29.3 Å². The van der Waals surface area contributed by atoms with Gasteiger partial charge in [-0.05, 0) is 36.1 Å². The molecule has 2 unspecified atom stereocenters. The third-order valence-electron chi connectivity index (χ3n) is 3.41. The Balaban J connectivity index is 2.25. The lowest BCUT2D eigenvalue weighted by atomic mass is 9.97. The molecule has 0 amide bonds. The maximum atomic E-state index is 5.98. The molecule has 0 aliphatic carbocycles. The van der Waals surface area contributed by atoms with E-state index in [1.807, 2.05) is 6.07 Å². The number of benzene rings is 1. The van der Waals surface area contributed by atoms with E-state index in [4.69, 9.17) is 9.47 Å². The molecule has 1 aromatic carbocycles. The third kappa shape index (κ3) is 2.85. The minimum atomic E-state index is 0.150. The van der Waals surface area contributed by atoms with Gasteiger partial charge < -0.3 is 14.8 Å². The van der Waals surface area contributed by atoms with Gasteiger partial charge in [-0.1, -0.05) is 19.9 Å². The van der Waals surface area contributed by atoms with Crippen molar-refractivity contribution in [3.63, 3.8) is 0 Å². The number of methoxy groups -OCH3 is 1. The summed E-state index contributed by atoms with van der Waals surface area (Å²) < 4.78 is 11.4. The lowest BCUT2D eigenvalue weighted by molar-refractivity contribution is -0.0287. The minimum absolute atomic E-state index is 0.150. The van der Waals surface area contributed by atoms with Crippen molar-refractivity contribution in [2.75, 3.05) is 20.2 Å². The van der Waals surface area contributed by atoms with Crippen molar-refractivity contribution < 1.29 is 9.47 Å². The van der Waals surface area contributed by atoms with Crippen LogP contribution in [-0.2, 0) is 4.74 Å². The molecule has 1 aliphatic heterocycles. The number of morpholine rings is 1. The molecule has 0 radical (unpaired) electrons. The molecule has 2 atom stereocenters. The third-order valence-corrected chi connectivity index (χ3v) is 3.41. The molecule has 100 valence electrons. The summed E-state index contributed by atoms with van der Waals surface area (Å²) in [6, 6.07) is 6.37. The molecule has 18 heavy (non-hydrogen) atoms. The Labute approximate surface area is 109 Å². The van der Waals surface area contributed by atoms with E-state index in [-0.39, 0.29) is 12.2 Å². The van der Waals surface area contributed by atoms with Crippen molar-refractivity contribution in [2.45, 2.75) is 38.9 Å². The van der Waals surface area contributed by atoms with Crippen LogP contribution in [0.1, 0.15) is 43.9 Å². The normalized spacial score (nSPS) is 24.3. The number of nitrogens with one attached hydrogen (secondary N) is 1. The monoisotopic (exact) mass is 249 g/mol. The number of hydrogen-bond acceptors (Lipinski definition) is 3. The summed E-state index contributed by atoms with van der Waals surface area (Å²) in [5.74, 6) is 1.42. The highest BCUT2D eigenvalue weighted by molar-refractivity contribution is 5.40. The zero-order chi connectivity index (χ0) is 13.1. The first-order chi connectivity index (χ1) is 8.61. The van der Waals surface area contributed by atoms with Gasteiger partial charge in [0.1, 0.15) is 5.75 Å². The van der Waals surface area contributed by atoms with E-state index in [2.05, 4.69) is 38.2 Å². The van der Waals surface area contributed by atoms with Crippen LogP contribution in [0.2, 0.25) is 0 Å². The van der Waals surface area contributed by atoms with Gasteiger partial charge in [0.25, 0.3) is 0 Å². The van der Waals surface area contributed by atoms with Crippen molar-refractivity contribution in [2.24, 2.45) is 0 Å². The quantitative estimate of drug-likeness (QED) is 0.893. The molecule has 2 rings (SSSR count). The molecule has 1 N–H and O–H groups in total. The number of rotatable bonds is 3. The highest BCUT2D eigenvalue weighted by Crippen LogP contribution is 2.31. The van der Waals surface area contributed by atoms with E-state index in [9.17, 15) is 0 Å². The first-order valence-electron chi connectivity index (χ1n) is 6.65. The predicted octanol–water partition coefficient (Wildman–Crippen LogP) is 2.87. The summed E-state index contributed by atoms with van der Waals surface area (Å²) in [5, 5.41) is 3.40. The maximum absolute atomic E-state index is 5.98. The first-order valence-corrected chi connectivity index (χ1v) is 6.65. The number of hydrogen-bond donors (Lipinski definition) is 1. The largest absolute Gasteiger partial charge is 0.496 e. The first kappa shape index (κ1) is 13.4. The van der Waals surface area contributed by atoms with E-state index in [1.54, 1.807) is 7.11 Å². The second-order valence-electron chi connectivity index (χ2n) is 5.25. The highest BCUT2D eigenvalue weighted by atomic mass is 16.5. The summed E-state index contributed by atoms with van der Waals surface area (Å²) in [4.78, 5) is 0. The summed E-state index contributed by atoms with van der Waals surface area (Å²) in [6.45, 7) is 8.29. The van der Waals surface area contributed by atoms with Crippen LogP contribution >= 0.6 is 0 Å². The zero-order valence-corrected chi connectivity index (χ0v) is 11.7. The molecule has 1 saturated heterocycles. The fourth-order valence-corrected chi connectivity index (χ4v) is 2.40. The minimum Gasteiger partial charge on any atom is -0.496 e. The van der Waals surface area contributed by atoms with Gasteiger partial charge >= 0.3 is 0 Å². The molecule has 0 aromatic heterocycles. The molecule has 0 saturated carbocycles. The highest BCUT2D eigenvalue weighted by Gasteiger charge is 2.21. The Bertz CT molecular complexity index is 403. The molecule has 1 aliphatic rings. The number of ether oxygens (including phenoxy) is 2. The summed E-state index contributed by atoms with van der Waals surface area (Å²) >= 11 is 0. The van der Waals surface area contributed by atoms with Gasteiger partial charge in [-0.25, -0.2) is 0 Å². The summed E-state index contributed by atoms with van der Waals surface area (Å²) in [7, 11) is 1.72. The van der Waals surface area contributed by atoms with Gasteiger partial charge in [-0.3, -0.25) is 0 Å². The van der Waals surface area contributed by atoms with E-state index in [1.165, 1.54) is 11.1 Å². The van der Waals surface area contributed by atoms with Gasteiger partial charge in [0.05, 0.1) is 19.3 Å². The maximum Gasteiger partial charge on any atom is 0.122 e. The Morgan fingerprint density at radius 1 is 1.33 bits per heavy atom.